The van der Waals surface area contributed by atoms with E-state index in [1.807, 2.05) is 12.1 Å². The van der Waals surface area contributed by atoms with E-state index in [2.05, 4.69) is 26.7 Å². The number of aromatic nitrogens is 2. The highest BCUT2D eigenvalue weighted by molar-refractivity contribution is 6.30. The molecule has 2 heterocycles. The average Bonchev–Trinajstić information content (AvgIpc) is 2.77. The first-order valence-corrected chi connectivity index (χ1v) is 10.3. The number of halogens is 1. The van der Waals surface area contributed by atoms with Gasteiger partial charge in [-0.15, -0.1) is 0 Å². The zero-order valence-corrected chi connectivity index (χ0v) is 17.8. The summed E-state index contributed by atoms with van der Waals surface area (Å²) < 4.78 is 5.82. The summed E-state index contributed by atoms with van der Waals surface area (Å²) in [7, 11) is 0. The number of rotatable bonds is 6. The molecule has 8 nitrogen and oxygen atoms in total. The van der Waals surface area contributed by atoms with Gasteiger partial charge in [0.25, 0.3) is 5.69 Å². The summed E-state index contributed by atoms with van der Waals surface area (Å²) in [6, 6.07) is 16.0. The molecule has 0 spiro atoms. The smallest absolute Gasteiger partial charge is 0.269 e. The van der Waals surface area contributed by atoms with Crippen molar-refractivity contribution in [2.45, 2.75) is 19.5 Å². The van der Waals surface area contributed by atoms with E-state index in [0.29, 0.717) is 23.2 Å². The molecule has 2 aromatic carbocycles. The van der Waals surface area contributed by atoms with E-state index < -0.39 is 0 Å². The lowest BCUT2D eigenvalue weighted by molar-refractivity contribution is -0.384. The van der Waals surface area contributed by atoms with Crippen LogP contribution in [0.2, 0.25) is 5.02 Å². The summed E-state index contributed by atoms with van der Waals surface area (Å²) in [6.07, 6.45) is 1.50. The molecular formula is C22H22ClN5O3. The molecule has 0 aliphatic carbocycles. The standard InChI is InChI=1S/C22H22ClN5O3/c1-16-13-27(10-9-26(16)14-17-3-2-4-19(11-17)28(29)30)21-12-22(25-15-24-21)31-20-7-5-18(23)6-8-20/h2-8,11-12,15-16H,9-10,13-14H2,1H3/t16-/m0/s1. The zero-order chi connectivity index (χ0) is 21.8. The number of nitro groups is 1. The molecule has 1 aliphatic heterocycles. The maximum atomic E-state index is 11.0. The van der Waals surface area contributed by atoms with E-state index in [4.69, 9.17) is 16.3 Å². The number of benzene rings is 2. The number of anilines is 1. The van der Waals surface area contributed by atoms with Crippen molar-refractivity contribution in [1.82, 2.24) is 14.9 Å². The molecule has 31 heavy (non-hydrogen) atoms. The predicted octanol–water partition coefficient (Wildman–Crippen LogP) is 4.54. The Morgan fingerprint density at radius 2 is 1.97 bits per heavy atom. The Morgan fingerprint density at radius 3 is 2.71 bits per heavy atom. The van der Waals surface area contributed by atoms with E-state index >= 15 is 0 Å². The normalized spacial score (nSPS) is 16.8. The van der Waals surface area contributed by atoms with Gasteiger partial charge in [-0.2, -0.15) is 0 Å². The van der Waals surface area contributed by atoms with Crippen LogP contribution in [0, 0.1) is 10.1 Å². The van der Waals surface area contributed by atoms with Crippen molar-refractivity contribution in [3.8, 4) is 11.6 Å². The Bertz CT molecular complexity index is 1060. The molecule has 0 N–H and O–H groups in total. The van der Waals surface area contributed by atoms with Gasteiger partial charge in [0.2, 0.25) is 5.88 Å². The van der Waals surface area contributed by atoms with Gasteiger partial charge in [0.15, 0.2) is 0 Å². The number of hydrogen-bond acceptors (Lipinski definition) is 7. The van der Waals surface area contributed by atoms with Crippen LogP contribution in [-0.2, 0) is 6.54 Å². The van der Waals surface area contributed by atoms with Crippen LogP contribution < -0.4 is 9.64 Å². The van der Waals surface area contributed by atoms with Gasteiger partial charge < -0.3 is 9.64 Å². The fourth-order valence-electron chi connectivity index (χ4n) is 3.62. The largest absolute Gasteiger partial charge is 0.439 e. The Balaban J connectivity index is 1.40. The quantitative estimate of drug-likeness (QED) is 0.411. The van der Waals surface area contributed by atoms with Gasteiger partial charge in [-0.3, -0.25) is 15.0 Å². The number of nitro benzene ring substituents is 1. The third-order valence-electron chi connectivity index (χ3n) is 5.26. The van der Waals surface area contributed by atoms with E-state index in [1.165, 1.54) is 12.4 Å². The predicted molar refractivity (Wildman–Crippen MR) is 119 cm³/mol. The second-order valence-electron chi connectivity index (χ2n) is 7.46. The van der Waals surface area contributed by atoms with Crippen molar-refractivity contribution in [2.24, 2.45) is 0 Å². The molecule has 0 saturated carbocycles. The van der Waals surface area contributed by atoms with Gasteiger partial charge in [-0.25, -0.2) is 9.97 Å². The van der Waals surface area contributed by atoms with E-state index in [-0.39, 0.29) is 16.7 Å². The number of piperazine rings is 1. The minimum absolute atomic E-state index is 0.123. The van der Waals surface area contributed by atoms with Crippen LogP contribution in [0.3, 0.4) is 0 Å². The minimum atomic E-state index is -0.357. The van der Waals surface area contributed by atoms with Crippen molar-refractivity contribution >= 4 is 23.1 Å². The Morgan fingerprint density at radius 1 is 1.16 bits per heavy atom. The van der Waals surface area contributed by atoms with Gasteiger partial charge in [-0.1, -0.05) is 23.7 Å². The van der Waals surface area contributed by atoms with Crippen molar-refractivity contribution in [2.75, 3.05) is 24.5 Å². The van der Waals surface area contributed by atoms with Gasteiger partial charge in [0.1, 0.15) is 17.9 Å². The number of hydrogen-bond donors (Lipinski definition) is 0. The molecule has 0 radical (unpaired) electrons. The minimum Gasteiger partial charge on any atom is -0.439 e. The molecule has 1 atom stereocenters. The molecular weight excluding hydrogens is 418 g/mol. The molecule has 3 aromatic rings. The summed E-state index contributed by atoms with van der Waals surface area (Å²) in [6.45, 7) is 5.21. The lowest BCUT2D eigenvalue weighted by Gasteiger charge is -2.40. The summed E-state index contributed by atoms with van der Waals surface area (Å²) in [5.74, 6) is 1.93. The number of nitrogens with zero attached hydrogens (tertiary/aromatic N) is 5. The van der Waals surface area contributed by atoms with Gasteiger partial charge in [0.05, 0.1) is 4.92 Å². The Kier molecular flexibility index (Phi) is 6.29. The average molecular weight is 440 g/mol. The molecule has 4 rings (SSSR count). The topological polar surface area (TPSA) is 84.6 Å². The highest BCUT2D eigenvalue weighted by Gasteiger charge is 2.25. The Hall–Kier alpha value is -3.23. The first-order chi connectivity index (χ1) is 15.0. The molecule has 0 amide bonds. The first kappa shape index (κ1) is 21.0. The maximum absolute atomic E-state index is 11.0. The number of non-ortho nitro benzene ring substituents is 1. The highest BCUT2D eigenvalue weighted by Crippen LogP contribution is 2.25. The second kappa shape index (κ2) is 9.28. The highest BCUT2D eigenvalue weighted by atomic mass is 35.5. The molecule has 1 saturated heterocycles. The molecule has 0 unspecified atom stereocenters. The van der Waals surface area contributed by atoms with Crippen molar-refractivity contribution in [3.05, 3.63) is 81.6 Å². The van der Waals surface area contributed by atoms with Crippen LogP contribution in [0.4, 0.5) is 11.5 Å². The molecule has 0 bridgehead atoms. The molecule has 160 valence electrons. The summed E-state index contributed by atoms with van der Waals surface area (Å²) in [4.78, 5) is 23.8. The third-order valence-corrected chi connectivity index (χ3v) is 5.51. The monoisotopic (exact) mass is 439 g/mol. The SMILES string of the molecule is C[C@H]1CN(c2cc(Oc3ccc(Cl)cc3)ncn2)CCN1Cc1cccc([N+](=O)[O-])c1. The van der Waals surface area contributed by atoms with Crippen molar-refractivity contribution in [1.29, 1.82) is 0 Å². The van der Waals surface area contributed by atoms with Gasteiger partial charge >= 0.3 is 0 Å². The van der Waals surface area contributed by atoms with Crippen LogP contribution >= 0.6 is 11.6 Å². The number of ether oxygens (including phenoxy) is 1. The van der Waals surface area contributed by atoms with Gasteiger partial charge in [0, 0.05) is 55.4 Å². The van der Waals surface area contributed by atoms with Crippen LogP contribution in [0.15, 0.2) is 60.9 Å². The lowest BCUT2D eigenvalue weighted by Crippen LogP contribution is -2.51. The molecule has 1 fully saturated rings. The van der Waals surface area contributed by atoms with Crippen molar-refractivity contribution < 1.29 is 9.66 Å². The van der Waals surface area contributed by atoms with Gasteiger partial charge in [-0.05, 0) is 36.8 Å². The zero-order valence-electron chi connectivity index (χ0n) is 17.0. The molecule has 1 aliphatic rings. The van der Waals surface area contributed by atoms with Crippen LogP contribution in [-0.4, -0.2) is 45.5 Å². The fraction of sp³-hybridized carbons (Fsp3) is 0.273. The summed E-state index contributed by atoms with van der Waals surface area (Å²) in [5.41, 5.74) is 1.06. The second-order valence-corrected chi connectivity index (χ2v) is 7.90. The van der Waals surface area contributed by atoms with E-state index in [9.17, 15) is 10.1 Å². The van der Waals surface area contributed by atoms with E-state index in [1.54, 1.807) is 36.4 Å². The lowest BCUT2D eigenvalue weighted by atomic mass is 10.1. The van der Waals surface area contributed by atoms with Crippen LogP contribution in [0.5, 0.6) is 11.6 Å². The summed E-state index contributed by atoms with van der Waals surface area (Å²) in [5, 5.41) is 11.7. The Labute approximate surface area is 185 Å². The third kappa shape index (κ3) is 5.28. The summed E-state index contributed by atoms with van der Waals surface area (Å²) >= 11 is 5.92. The maximum Gasteiger partial charge on any atom is 0.269 e. The molecule has 1 aromatic heterocycles. The van der Waals surface area contributed by atoms with Crippen LogP contribution in [0.1, 0.15) is 12.5 Å². The fourth-order valence-corrected chi connectivity index (χ4v) is 3.75. The molecule has 9 heteroatoms. The first-order valence-electron chi connectivity index (χ1n) is 9.96. The van der Waals surface area contributed by atoms with Crippen LogP contribution in [0.25, 0.3) is 0 Å². The van der Waals surface area contributed by atoms with E-state index in [0.717, 1.165) is 31.0 Å². The van der Waals surface area contributed by atoms with Crippen molar-refractivity contribution in [3.63, 3.8) is 0 Å².